The molecule has 0 saturated carbocycles. The van der Waals surface area contributed by atoms with Crippen molar-refractivity contribution in [1.29, 1.82) is 0 Å². The number of aromatic hydroxyl groups is 5. The molecule has 212 valence electrons. The van der Waals surface area contributed by atoms with E-state index in [1.807, 2.05) is 63.4 Å². The Bertz CT molecular complexity index is 1560. The van der Waals surface area contributed by atoms with Crippen molar-refractivity contribution in [3.8, 4) is 39.2 Å². The lowest BCUT2D eigenvalue weighted by Gasteiger charge is -2.17. The minimum Gasteiger partial charge on any atom is -0.504 e. The molecule has 6 nitrogen and oxygen atoms in total. The number of thiophene rings is 1. The second-order valence-electron chi connectivity index (χ2n) is 8.09. The van der Waals surface area contributed by atoms with Crippen LogP contribution in [0.4, 0.5) is 5.00 Å². The van der Waals surface area contributed by atoms with Gasteiger partial charge in [-0.15, -0.1) is 22.8 Å². The van der Waals surface area contributed by atoms with E-state index in [0.717, 1.165) is 26.3 Å². The number of phenols is 5. The Kier molecular flexibility index (Phi) is 12.6. The van der Waals surface area contributed by atoms with Gasteiger partial charge in [0, 0.05) is 29.3 Å². The number of nitrogens with zero attached hydrogens (tertiary/aromatic N) is 1. The molecule has 1 aliphatic rings. The van der Waals surface area contributed by atoms with Crippen LogP contribution in [-0.2, 0) is 0 Å². The van der Waals surface area contributed by atoms with Crippen molar-refractivity contribution in [1.82, 2.24) is 0 Å². The topological polar surface area (TPSA) is 104 Å². The van der Waals surface area contributed by atoms with E-state index in [1.54, 1.807) is 11.3 Å². The summed E-state index contributed by atoms with van der Waals surface area (Å²) in [4.78, 5) is 3.33. The zero-order valence-electron chi connectivity index (χ0n) is 23.0. The predicted octanol–water partition coefficient (Wildman–Crippen LogP) is 8.80. The normalized spacial score (nSPS) is 12.5. The first kappa shape index (κ1) is 32.6. The SMILES string of the molecule is C=C(/C=C\C(=C)N(C)c1ccc(-c2ccccc2)s1)C1=C=CC=C=C(Br)/C=C\1.CC.Oc1cc(O)c(O)c(O)c1O. The lowest BCUT2D eigenvalue weighted by Crippen LogP contribution is -2.12. The van der Waals surface area contributed by atoms with Crippen molar-refractivity contribution < 1.29 is 25.5 Å². The molecule has 1 aromatic heterocycles. The number of halogens is 1. The van der Waals surface area contributed by atoms with Crippen molar-refractivity contribution in [3.05, 3.63) is 131 Å². The van der Waals surface area contributed by atoms with Gasteiger partial charge < -0.3 is 30.4 Å². The Hall–Kier alpha value is -4.58. The lowest BCUT2D eigenvalue weighted by atomic mass is 10.1. The number of phenolic OH excluding ortho intramolecular Hbond substituents is 5. The zero-order chi connectivity index (χ0) is 30.5. The quantitative estimate of drug-likeness (QED) is 0.0804. The van der Waals surface area contributed by atoms with Gasteiger partial charge in [-0.05, 0) is 69.6 Å². The van der Waals surface area contributed by atoms with Crippen LogP contribution in [0.1, 0.15) is 13.8 Å². The Morgan fingerprint density at radius 2 is 1.44 bits per heavy atom. The molecular weight excluding hydrogens is 602 g/mol. The molecule has 0 atom stereocenters. The third-order valence-electron chi connectivity index (χ3n) is 5.38. The predicted molar refractivity (Wildman–Crippen MR) is 173 cm³/mol. The summed E-state index contributed by atoms with van der Waals surface area (Å²) in [6.45, 7) is 12.3. The monoisotopic (exact) mass is 633 g/mol. The van der Waals surface area contributed by atoms with Crippen molar-refractivity contribution >= 4 is 32.3 Å². The fourth-order valence-corrected chi connectivity index (χ4v) is 4.40. The van der Waals surface area contributed by atoms with Crippen LogP contribution in [0.5, 0.6) is 28.7 Å². The molecule has 0 fully saturated rings. The van der Waals surface area contributed by atoms with E-state index in [1.165, 1.54) is 10.4 Å². The van der Waals surface area contributed by atoms with Gasteiger partial charge in [0.15, 0.2) is 11.5 Å². The van der Waals surface area contributed by atoms with Gasteiger partial charge in [0.1, 0.15) is 0 Å². The summed E-state index contributed by atoms with van der Waals surface area (Å²) >= 11 is 5.18. The van der Waals surface area contributed by atoms with E-state index < -0.39 is 28.7 Å². The average Bonchev–Trinajstić information content (AvgIpc) is 3.48. The molecule has 0 saturated heterocycles. The maximum Gasteiger partial charge on any atom is 0.208 e. The molecule has 0 unspecified atom stereocenters. The van der Waals surface area contributed by atoms with Crippen LogP contribution in [0, 0.1) is 0 Å². The highest BCUT2D eigenvalue weighted by Gasteiger charge is 2.15. The van der Waals surface area contributed by atoms with Gasteiger partial charge in [-0.2, -0.15) is 0 Å². The second kappa shape index (κ2) is 15.9. The van der Waals surface area contributed by atoms with Crippen LogP contribution in [0.15, 0.2) is 131 Å². The smallest absolute Gasteiger partial charge is 0.208 e. The highest BCUT2D eigenvalue weighted by atomic mass is 79.9. The van der Waals surface area contributed by atoms with Gasteiger partial charge in [0.05, 0.1) is 9.48 Å². The third-order valence-corrected chi connectivity index (χ3v) is 7.09. The Morgan fingerprint density at radius 3 is 2.07 bits per heavy atom. The number of anilines is 1. The summed E-state index contributed by atoms with van der Waals surface area (Å²) in [5.74, 6) is -4.06. The molecule has 1 heterocycles. The molecule has 2 aromatic carbocycles. The Balaban J connectivity index is 0.000000378. The first-order valence-electron chi connectivity index (χ1n) is 12.4. The van der Waals surface area contributed by atoms with E-state index in [0.29, 0.717) is 6.07 Å². The lowest BCUT2D eigenvalue weighted by molar-refractivity contribution is 0.328. The minimum absolute atomic E-state index is 0.696. The zero-order valence-corrected chi connectivity index (χ0v) is 25.4. The van der Waals surface area contributed by atoms with Crippen LogP contribution < -0.4 is 4.90 Å². The fourth-order valence-electron chi connectivity index (χ4n) is 3.13. The summed E-state index contributed by atoms with van der Waals surface area (Å²) in [5.41, 5.74) is 10.2. The summed E-state index contributed by atoms with van der Waals surface area (Å²) in [7, 11) is 2.03. The van der Waals surface area contributed by atoms with Crippen LogP contribution >= 0.6 is 27.3 Å². The minimum atomic E-state index is -0.942. The second-order valence-corrected chi connectivity index (χ2v) is 10.0. The standard InChI is InChI=1S/C25H20BrNS.C6H6O5.C2H6/c1-19(21-9-7-8-12-23(26)16-15-21)13-14-20(2)27(3)25-18-17-24(28-25)22-10-5-4-6-11-22;7-2-1-3(8)5(10)6(11)4(2)9;1-2/h4-8,10-11,13-18H,1-2H2,3H3;1,7-11H;1-2H3/b14-13-,16-15-;;. The molecule has 0 spiro atoms. The van der Waals surface area contributed by atoms with Gasteiger partial charge in [0.2, 0.25) is 17.2 Å². The van der Waals surface area contributed by atoms with Crippen molar-refractivity contribution in [2.75, 3.05) is 11.9 Å². The molecule has 1 aliphatic carbocycles. The van der Waals surface area contributed by atoms with Gasteiger partial charge >= 0.3 is 0 Å². The maximum atomic E-state index is 8.75. The van der Waals surface area contributed by atoms with E-state index in [2.05, 4.69) is 81.8 Å². The van der Waals surface area contributed by atoms with Crippen molar-refractivity contribution in [2.24, 2.45) is 0 Å². The summed E-state index contributed by atoms with van der Waals surface area (Å²) in [5, 5.41) is 44.8. The van der Waals surface area contributed by atoms with Crippen LogP contribution in [-0.4, -0.2) is 32.6 Å². The molecule has 4 rings (SSSR count). The maximum absolute atomic E-state index is 8.75. The molecule has 0 radical (unpaired) electrons. The van der Waals surface area contributed by atoms with Gasteiger partial charge in [-0.3, -0.25) is 0 Å². The summed E-state index contributed by atoms with van der Waals surface area (Å²) in [6.07, 6.45) is 11.5. The first-order chi connectivity index (χ1) is 19.6. The van der Waals surface area contributed by atoms with E-state index in [-0.39, 0.29) is 0 Å². The largest absolute Gasteiger partial charge is 0.504 e. The summed E-state index contributed by atoms with van der Waals surface area (Å²) < 4.78 is 0.885. The number of allylic oxidation sites excluding steroid dienone is 7. The van der Waals surface area contributed by atoms with E-state index in [4.69, 9.17) is 25.5 Å². The number of rotatable bonds is 6. The van der Waals surface area contributed by atoms with Crippen LogP contribution in [0.2, 0.25) is 0 Å². The van der Waals surface area contributed by atoms with Gasteiger partial charge in [0.25, 0.3) is 0 Å². The first-order valence-corrected chi connectivity index (χ1v) is 14.1. The molecule has 0 bridgehead atoms. The van der Waals surface area contributed by atoms with Crippen LogP contribution in [0.25, 0.3) is 10.4 Å². The molecule has 8 heteroatoms. The van der Waals surface area contributed by atoms with Gasteiger partial charge in [-0.25, -0.2) is 0 Å². The fraction of sp³-hybridized carbons (Fsp3) is 0.0909. The number of likely N-dealkylation sites (N-methyl/N-ethyl adjacent to an activating group) is 1. The molecule has 3 aromatic rings. The highest BCUT2D eigenvalue weighted by molar-refractivity contribution is 9.11. The number of hydrogen-bond donors (Lipinski definition) is 5. The van der Waals surface area contributed by atoms with E-state index >= 15 is 0 Å². The Morgan fingerprint density at radius 1 is 0.829 bits per heavy atom. The third kappa shape index (κ3) is 9.24. The molecule has 5 N–H and O–H groups in total. The van der Waals surface area contributed by atoms with Crippen molar-refractivity contribution in [3.63, 3.8) is 0 Å². The number of benzene rings is 2. The Labute approximate surface area is 252 Å². The van der Waals surface area contributed by atoms with Crippen molar-refractivity contribution in [2.45, 2.75) is 13.8 Å². The van der Waals surface area contributed by atoms with E-state index in [9.17, 15) is 0 Å². The summed E-state index contributed by atoms with van der Waals surface area (Å²) in [6, 6.07) is 15.4. The van der Waals surface area contributed by atoms with Crippen LogP contribution in [0.3, 0.4) is 0 Å². The molecule has 41 heavy (non-hydrogen) atoms. The average molecular weight is 635 g/mol. The highest BCUT2D eigenvalue weighted by Crippen LogP contribution is 2.46. The molecular formula is C33H32BrNO5S. The number of hydrogen-bond acceptors (Lipinski definition) is 7. The van der Waals surface area contributed by atoms with Gasteiger partial charge in [-0.1, -0.05) is 63.4 Å². The molecule has 0 amide bonds. The molecule has 0 aliphatic heterocycles.